The van der Waals surface area contributed by atoms with E-state index in [1.807, 2.05) is 0 Å². The van der Waals surface area contributed by atoms with Crippen molar-refractivity contribution in [2.24, 2.45) is 0 Å². The number of nitrogens with one attached hydrogen (secondary N) is 2. The molecule has 0 radical (unpaired) electrons. The van der Waals surface area contributed by atoms with Crippen molar-refractivity contribution < 1.29 is 0 Å². The molecule has 0 aliphatic heterocycles. The van der Waals surface area contributed by atoms with Gasteiger partial charge in [-0.05, 0) is 25.2 Å². The third kappa shape index (κ3) is 4.13. The minimum atomic E-state index is 0. The zero-order chi connectivity index (χ0) is 17.2. The van der Waals surface area contributed by atoms with E-state index in [1.165, 1.54) is 16.2 Å². The van der Waals surface area contributed by atoms with Gasteiger partial charge in [0.25, 0.3) is 0 Å². The number of nitrogens with zero attached hydrogens (tertiary/aromatic N) is 2. The Labute approximate surface area is 180 Å². The van der Waals surface area contributed by atoms with Gasteiger partial charge in [-0.1, -0.05) is 50.2 Å². The third-order valence-corrected chi connectivity index (χ3v) is 4.96. The van der Waals surface area contributed by atoms with E-state index in [0.29, 0.717) is 0 Å². The molecule has 4 aromatic rings. The van der Waals surface area contributed by atoms with Crippen LogP contribution in [0.1, 0.15) is 13.8 Å². The van der Waals surface area contributed by atoms with Crippen LogP contribution in [-0.2, 0) is 0 Å². The maximum atomic E-state index is 4.89. The van der Waals surface area contributed by atoms with Crippen LogP contribution >= 0.6 is 34.0 Å². The zero-order valence-electron chi connectivity index (χ0n) is 15.7. The van der Waals surface area contributed by atoms with Gasteiger partial charge in [-0.2, -0.15) is 0 Å². The van der Waals surface area contributed by atoms with Gasteiger partial charge in [0, 0.05) is 34.8 Å². The monoisotopic (exact) mass is 492 g/mol. The van der Waals surface area contributed by atoms with Gasteiger partial charge >= 0.3 is 0 Å². The summed E-state index contributed by atoms with van der Waals surface area (Å²) in [4.78, 5) is 10.9. The lowest BCUT2D eigenvalue weighted by molar-refractivity contribution is 0.316. The summed E-state index contributed by atoms with van der Waals surface area (Å²) in [5.41, 5.74) is 3.28. The van der Waals surface area contributed by atoms with Crippen LogP contribution in [0.25, 0.3) is 32.7 Å². The van der Waals surface area contributed by atoms with Crippen molar-refractivity contribution in [2.75, 3.05) is 31.5 Å². The van der Waals surface area contributed by atoms with Crippen molar-refractivity contribution in [3.05, 3.63) is 48.5 Å². The molecule has 0 aliphatic rings. The van der Waals surface area contributed by atoms with Crippen LogP contribution in [0.2, 0.25) is 0 Å². The largest absolute Gasteiger partial charge is 0.367 e. The van der Waals surface area contributed by atoms with Gasteiger partial charge in [-0.3, -0.25) is 0 Å². The van der Waals surface area contributed by atoms with Crippen molar-refractivity contribution >= 4 is 72.5 Å². The average molecular weight is 494 g/mol. The minimum Gasteiger partial charge on any atom is -0.367 e. The first-order valence-electron chi connectivity index (χ1n) is 9.07. The second kappa shape index (κ2) is 9.53. The Hall–Kier alpha value is -1.63. The van der Waals surface area contributed by atoms with E-state index in [1.54, 1.807) is 0 Å². The number of benzene rings is 2. The van der Waals surface area contributed by atoms with Crippen molar-refractivity contribution in [1.29, 1.82) is 0 Å². The summed E-state index contributed by atoms with van der Waals surface area (Å²) < 4.78 is 0. The van der Waals surface area contributed by atoms with E-state index in [4.69, 9.17) is 4.98 Å². The SMILES string of the molecule is Br.Br.CCN(CC)CCNc1nc2ccccc2c2c1[nH]c1ccccc12. The maximum Gasteiger partial charge on any atom is 0.151 e. The fourth-order valence-electron chi connectivity index (χ4n) is 3.56. The molecule has 0 saturated heterocycles. The van der Waals surface area contributed by atoms with E-state index in [-0.39, 0.29) is 34.0 Å². The van der Waals surface area contributed by atoms with E-state index in [9.17, 15) is 0 Å². The summed E-state index contributed by atoms with van der Waals surface area (Å²) in [6, 6.07) is 16.9. The summed E-state index contributed by atoms with van der Waals surface area (Å²) in [5, 5.41) is 7.26. The number of para-hydroxylation sites is 2. The molecule has 2 aromatic heterocycles. The number of rotatable bonds is 6. The van der Waals surface area contributed by atoms with E-state index >= 15 is 0 Å². The highest BCUT2D eigenvalue weighted by molar-refractivity contribution is 8.93. The third-order valence-electron chi connectivity index (χ3n) is 4.96. The molecule has 0 bridgehead atoms. The Balaban J connectivity index is 0.00000131. The first kappa shape index (κ1) is 21.7. The Morgan fingerprint density at radius 1 is 0.926 bits per heavy atom. The lowest BCUT2D eigenvalue weighted by Crippen LogP contribution is -2.28. The van der Waals surface area contributed by atoms with Crippen molar-refractivity contribution in [3.8, 4) is 0 Å². The lowest BCUT2D eigenvalue weighted by atomic mass is 10.1. The number of likely N-dealkylation sites (N-methyl/N-ethyl adjacent to an activating group) is 1. The van der Waals surface area contributed by atoms with Crippen LogP contribution in [0, 0.1) is 0 Å². The Morgan fingerprint density at radius 2 is 1.59 bits per heavy atom. The van der Waals surface area contributed by atoms with Gasteiger partial charge in [-0.25, -0.2) is 4.98 Å². The van der Waals surface area contributed by atoms with Gasteiger partial charge in [0.15, 0.2) is 5.82 Å². The quantitative estimate of drug-likeness (QED) is 0.358. The number of aromatic amines is 1. The molecule has 0 unspecified atom stereocenters. The molecule has 4 nitrogen and oxygen atoms in total. The Kier molecular flexibility index (Phi) is 7.65. The molecular weight excluding hydrogens is 468 g/mol. The number of fused-ring (bicyclic) bond motifs is 5. The molecule has 0 aliphatic carbocycles. The first-order chi connectivity index (χ1) is 12.3. The number of anilines is 1. The normalized spacial score (nSPS) is 10.9. The van der Waals surface area contributed by atoms with Crippen LogP contribution in [-0.4, -0.2) is 41.0 Å². The fraction of sp³-hybridized carbons (Fsp3) is 0.286. The fourth-order valence-corrected chi connectivity index (χ4v) is 3.56. The van der Waals surface area contributed by atoms with Crippen molar-refractivity contribution in [2.45, 2.75) is 13.8 Å². The van der Waals surface area contributed by atoms with Crippen LogP contribution in [0.3, 0.4) is 0 Å². The molecule has 0 spiro atoms. The average Bonchev–Trinajstić information content (AvgIpc) is 3.05. The predicted octanol–water partition coefficient (Wildman–Crippen LogP) is 5.78. The molecule has 27 heavy (non-hydrogen) atoms. The highest BCUT2D eigenvalue weighted by atomic mass is 79.9. The highest BCUT2D eigenvalue weighted by Gasteiger charge is 2.13. The highest BCUT2D eigenvalue weighted by Crippen LogP contribution is 2.34. The molecule has 2 N–H and O–H groups in total. The number of H-pyrrole nitrogens is 1. The second-order valence-electron chi connectivity index (χ2n) is 6.35. The van der Waals surface area contributed by atoms with Crippen molar-refractivity contribution in [3.63, 3.8) is 0 Å². The molecule has 2 heterocycles. The van der Waals surface area contributed by atoms with Crippen LogP contribution in [0.4, 0.5) is 5.82 Å². The molecule has 0 saturated carbocycles. The number of pyridine rings is 1. The maximum absolute atomic E-state index is 4.89. The summed E-state index contributed by atoms with van der Waals surface area (Å²) in [7, 11) is 0. The van der Waals surface area contributed by atoms with Gasteiger partial charge < -0.3 is 15.2 Å². The van der Waals surface area contributed by atoms with Gasteiger partial charge in [0.2, 0.25) is 0 Å². The number of hydrogen-bond donors (Lipinski definition) is 2. The molecule has 0 atom stereocenters. The van der Waals surface area contributed by atoms with Crippen LogP contribution < -0.4 is 5.32 Å². The van der Waals surface area contributed by atoms with Gasteiger partial charge in [-0.15, -0.1) is 34.0 Å². The molecule has 6 heteroatoms. The second-order valence-corrected chi connectivity index (χ2v) is 6.35. The molecular formula is C21H26Br2N4. The van der Waals surface area contributed by atoms with Crippen molar-refractivity contribution in [1.82, 2.24) is 14.9 Å². The standard InChI is InChI=1S/C21H24N4.2BrH/c1-3-25(4-2)14-13-22-21-20-19(15-9-5-7-11-17(15)23-20)16-10-6-8-12-18(16)24-21;;/h5-12,23H,3-4,13-14H2,1-2H3,(H,22,24);2*1H. The molecule has 2 aromatic carbocycles. The van der Waals surface area contributed by atoms with Gasteiger partial charge in [0.1, 0.15) is 0 Å². The molecule has 144 valence electrons. The molecule has 0 amide bonds. The topological polar surface area (TPSA) is 44.0 Å². The summed E-state index contributed by atoms with van der Waals surface area (Å²) >= 11 is 0. The van der Waals surface area contributed by atoms with Crippen LogP contribution in [0.5, 0.6) is 0 Å². The number of hydrogen-bond acceptors (Lipinski definition) is 3. The van der Waals surface area contributed by atoms with E-state index in [2.05, 4.69) is 77.6 Å². The number of halogens is 2. The van der Waals surface area contributed by atoms with Gasteiger partial charge in [0.05, 0.1) is 11.0 Å². The smallest absolute Gasteiger partial charge is 0.151 e. The van der Waals surface area contributed by atoms with E-state index in [0.717, 1.165) is 48.5 Å². The summed E-state index contributed by atoms with van der Waals surface area (Å²) in [5.74, 6) is 0.942. The Bertz CT molecular complexity index is 1020. The lowest BCUT2D eigenvalue weighted by Gasteiger charge is -2.18. The van der Waals surface area contributed by atoms with E-state index < -0.39 is 0 Å². The minimum absolute atomic E-state index is 0. The molecule has 0 fully saturated rings. The Morgan fingerprint density at radius 3 is 2.33 bits per heavy atom. The molecule has 4 rings (SSSR count). The predicted molar refractivity (Wildman–Crippen MR) is 128 cm³/mol. The first-order valence-corrected chi connectivity index (χ1v) is 9.07. The number of aromatic nitrogens is 2. The summed E-state index contributed by atoms with van der Waals surface area (Å²) in [6.07, 6.45) is 0. The van der Waals surface area contributed by atoms with Crippen LogP contribution in [0.15, 0.2) is 48.5 Å². The zero-order valence-corrected chi connectivity index (χ0v) is 19.1. The summed E-state index contributed by atoms with van der Waals surface area (Å²) in [6.45, 7) is 8.46.